The maximum absolute atomic E-state index is 9.02. The van der Waals surface area contributed by atoms with E-state index in [1.165, 1.54) is 0 Å². The summed E-state index contributed by atoms with van der Waals surface area (Å²) in [4.78, 5) is 4.74. The molecular weight excluding hydrogens is 380 g/mol. The van der Waals surface area contributed by atoms with Gasteiger partial charge in [-0.15, -0.1) is 0 Å². The van der Waals surface area contributed by atoms with Crippen LogP contribution in [0.25, 0.3) is 10.8 Å². The Bertz CT molecular complexity index is 1240. The first-order chi connectivity index (χ1) is 14.6. The molecule has 0 amide bonds. The molecule has 0 aliphatic carbocycles. The van der Waals surface area contributed by atoms with Gasteiger partial charge in [0.2, 0.25) is 0 Å². The molecule has 2 aromatic heterocycles. The molecule has 150 valence electrons. The molecule has 0 aliphatic heterocycles. The minimum atomic E-state index is 0.592. The van der Waals surface area contributed by atoms with Crippen LogP contribution in [0.15, 0.2) is 48.5 Å². The van der Waals surface area contributed by atoms with Crippen molar-refractivity contribution < 1.29 is 9.47 Å². The van der Waals surface area contributed by atoms with Gasteiger partial charge in [-0.3, -0.25) is 5.10 Å². The van der Waals surface area contributed by atoms with Crippen LogP contribution in [0, 0.1) is 18.3 Å². The van der Waals surface area contributed by atoms with Crippen LogP contribution in [-0.2, 0) is 0 Å². The lowest BCUT2D eigenvalue weighted by atomic mass is 10.1. The van der Waals surface area contributed by atoms with E-state index in [-0.39, 0.29) is 0 Å². The number of benzene rings is 2. The van der Waals surface area contributed by atoms with E-state index in [0.717, 1.165) is 22.2 Å². The number of methoxy groups -OCH3 is 2. The fourth-order valence-corrected chi connectivity index (χ4v) is 3.19. The topological polar surface area (TPSA) is 108 Å². The van der Waals surface area contributed by atoms with E-state index in [4.69, 9.17) is 19.7 Å². The number of hydrogen-bond donors (Lipinski definition) is 3. The van der Waals surface area contributed by atoms with Gasteiger partial charge >= 0.3 is 0 Å². The Kier molecular flexibility index (Phi) is 5.09. The summed E-state index contributed by atoms with van der Waals surface area (Å²) >= 11 is 0. The molecule has 0 fully saturated rings. The zero-order chi connectivity index (χ0) is 21.1. The summed E-state index contributed by atoms with van der Waals surface area (Å²) in [5, 5.41) is 24.4. The predicted octanol–water partition coefficient (Wildman–Crippen LogP) is 4.64. The number of pyridine rings is 1. The summed E-state index contributed by atoms with van der Waals surface area (Å²) in [7, 11) is 3.21. The van der Waals surface area contributed by atoms with Crippen molar-refractivity contribution in [1.82, 2.24) is 15.2 Å². The van der Waals surface area contributed by atoms with E-state index < -0.39 is 0 Å². The van der Waals surface area contributed by atoms with Gasteiger partial charge in [-0.1, -0.05) is 0 Å². The minimum absolute atomic E-state index is 0.592. The fourth-order valence-electron chi connectivity index (χ4n) is 3.19. The van der Waals surface area contributed by atoms with Gasteiger partial charge in [0.05, 0.1) is 25.9 Å². The summed E-state index contributed by atoms with van der Waals surface area (Å²) in [5.74, 6) is 3.12. The zero-order valence-electron chi connectivity index (χ0n) is 16.8. The monoisotopic (exact) mass is 400 g/mol. The minimum Gasteiger partial charge on any atom is -0.493 e. The Balaban J connectivity index is 1.84. The molecule has 4 rings (SSSR count). The van der Waals surface area contributed by atoms with Crippen LogP contribution < -0.4 is 20.1 Å². The number of aromatic nitrogens is 3. The Hall–Kier alpha value is -4.25. The van der Waals surface area contributed by atoms with Crippen molar-refractivity contribution in [2.75, 3.05) is 24.9 Å². The number of hydrogen-bond acceptors (Lipinski definition) is 7. The van der Waals surface area contributed by atoms with Gasteiger partial charge in [0.15, 0.2) is 17.3 Å². The highest BCUT2D eigenvalue weighted by molar-refractivity contribution is 6.00. The molecule has 4 aromatic rings. The van der Waals surface area contributed by atoms with Crippen molar-refractivity contribution in [2.45, 2.75) is 6.92 Å². The predicted molar refractivity (Wildman–Crippen MR) is 116 cm³/mol. The second-order valence-electron chi connectivity index (χ2n) is 6.63. The maximum atomic E-state index is 9.02. The summed E-state index contributed by atoms with van der Waals surface area (Å²) in [6.07, 6.45) is 0. The van der Waals surface area contributed by atoms with Gasteiger partial charge in [0, 0.05) is 28.2 Å². The largest absolute Gasteiger partial charge is 0.493 e. The maximum Gasteiger partial charge on any atom is 0.168 e. The molecule has 0 radical (unpaired) electrons. The number of aromatic amines is 1. The van der Waals surface area contributed by atoms with Crippen LogP contribution in [0.4, 0.5) is 23.1 Å². The van der Waals surface area contributed by atoms with Crippen LogP contribution in [0.5, 0.6) is 11.5 Å². The SMILES string of the molecule is COc1ccc2c(Nc3ccc(C#N)cc3)nc(Nc3cc(C)[nH]n3)cc2c1OC. The molecule has 2 aromatic carbocycles. The summed E-state index contributed by atoms with van der Waals surface area (Å²) in [6.45, 7) is 1.93. The molecule has 0 saturated heterocycles. The van der Waals surface area contributed by atoms with E-state index >= 15 is 0 Å². The van der Waals surface area contributed by atoms with E-state index in [1.807, 2.05) is 43.3 Å². The fraction of sp³-hybridized carbons (Fsp3) is 0.136. The number of anilines is 4. The van der Waals surface area contributed by atoms with Gasteiger partial charge < -0.3 is 20.1 Å². The molecule has 2 heterocycles. The second kappa shape index (κ2) is 8.01. The average Bonchev–Trinajstić information content (AvgIpc) is 3.17. The zero-order valence-corrected chi connectivity index (χ0v) is 16.8. The third-order valence-corrected chi connectivity index (χ3v) is 4.59. The lowest BCUT2D eigenvalue weighted by molar-refractivity contribution is 0.358. The number of rotatable bonds is 6. The smallest absolute Gasteiger partial charge is 0.168 e. The van der Waals surface area contributed by atoms with E-state index in [2.05, 4.69) is 26.9 Å². The first-order valence-electron chi connectivity index (χ1n) is 9.23. The van der Waals surface area contributed by atoms with Crippen molar-refractivity contribution in [2.24, 2.45) is 0 Å². The normalized spacial score (nSPS) is 10.5. The second-order valence-corrected chi connectivity index (χ2v) is 6.63. The van der Waals surface area contributed by atoms with Gasteiger partial charge in [0.25, 0.3) is 0 Å². The highest BCUT2D eigenvalue weighted by Crippen LogP contribution is 2.39. The Morgan fingerprint density at radius 3 is 2.37 bits per heavy atom. The van der Waals surface area contributed by atoms with Crippen LogP contribution in [0.1, 0.15) is 11.3 Å². The van der Waals surface area contributed by atoms with Crippen LogP contribution in [0.3, 0.4) is 0 Å². The lowest BCUT2D eigenvalue weighted by Gasteiger charge is -2.16. The number of nitriles is 1. The first kappa shape index (κ1) is 19.1. The Morgan fingerprint density at radius 2 is 1.73 bits per heavy atom. The third-order valence-electron chi connectivity index (χ3n) is 4.59. The van der Waals surface area contributed by atoms with Crippen molar-refractivity contribution in [3.8, 4) is 17.6 Å². The highest BCUT2D eigenvalue weighted by atomic mass is 16.5. The molecule has 0 bridgehead atoms. The number of ether oxygens (including phenoxy) is 2. The van der Waals surface area contributed by atoms with Gasteiger partial charge in [-0.2, -0.15) is 10.4 Å². The average molecular weight is 400 g/mol. The molecular formula is C22H20N6O2. The van der Waals surface area contributed by atoms with E-state index in [0.29, 0.717) is 34.5 Å². The number of nitrogens with one attached hydrogen (secondary N) is 3. The van der Waals surface area contributed by atoms with Gasteiger partial charge in [-0.05, 0) is 49.4 Å². The molecule has 30 heavy (non-hydrogen) atoms. The van der Waals surface area contributed by atoms with Gasteiger partial charge in [-0.25, -0.2) is 4.98 Å². The number of aryl methyl sites for hydroxylation is 1. The summed E-state index contributed by atoms with van der Waals surface area (Å²) < 4.78 is 11.1. The highest BCUT2D eigenvalue weighted by Gasteiger charge is 2.15. The van der Waals surface area contributed by atoms with Gasteiger partial charge in [0.1, 0.15) is 11.6 Å². The molecule has 8 nitrogen and oxygen atoms in total. The molecule has 0 spiro atoms. The van der Waals surface area contributed by atoms with Crippen molar-refractivity contribution in [1.29, 1.82) is 5.26 Å². The molecule has 0 aliphatic rings. The lowest BCUT2D eigenvalue weighted by Crippen LogP contribution is -2.01. The van der Waals surface area contributed by atoms with Crippen molar-refractivity contribution >= 4 is 33.9 Å². The molecule has 8 heteroatoms. The molecule has 0 unspecified atom stereocenters. The van der Waals surface area contributed by atoms with Crippen LogP contribution in [-0.4, -0.2) is 29.4 Å². The summed E-state index contributed by atoms with van der Waals surface area (Å²) in [6, 6.07) is 16.9. The molecule has 0 atom stereocenters. The van der Waals surface area contributed by atoms with Crippen molar-refractivity contribution in [3.05, 3.63) is 59.8 Å². The molecule has 0 saturated carbocycles. The standard InChI is InChI=1S/C22H20N6O2/c1-13-10-20(28-27-13)25-19-11-17-16(8-9-18(29-2)21(17)30-3)22(26-19)24-15-6-4-14(12-23)5-7-15/h4-11H,1-3H3,(H3,24,25,26,27,28). The van der Waals surface area contributed by atoms with E-state index in [9.17, 15) is 0 Å². The number of H-pyrrole nitrogens is 1. The van der Waals surface area contributed by atoms with Crippen molar-refractivity contribution in [3.63, 3.8) is 0 Å². The Morgan fingerprint density at radius 1 is 0.933 bits per heavy atom. The van der Waals surface area contributed by atoms with E-state index in [1.54, 1.807) is 26.4 Å². The van der Waals surface area contributed by atoms with Crippen LogP contribution >= 0.6 is 0 Å². The first-order valence-corrected chi connectivity index (χ1v) is 9.23. The Labute approximate surface area is 173 Å². The molecule has 3 N–H and O–H groups in total. The third kappa shape index (κ3) is 3.69. The van der Waals surface area contributed by atoms with Crippen LogP contribution in [0.2, 0.25) is 0 Å². The summed E-state index contributed by atoms with van der Waals surface area (Å²) in [5.41, 5.74) is 2.34. The number of nitrogens with zero attached hydrogens (tertiary/aromatic N) is 3. The quantitative estimate of drug-likeness (QED) is 0.432. The number of fused-ring (bicyclic) bond motifs is 1.